The van der Waals surface area contributed by atoms with Gasteiger partial charge >= 0.3 is 0 Å². The first kappa shape index (κ1) is 9.55. The molecule has 1 aliphatic heterocycles. The maximum absolute atomic E-state index is 9.34. The van der Waals surface area contributed by atoms with Crippen LogP contribution in [0.15, 0.2) is 16.3 Å². The average molecular weight is 189 g/mol. The summed E-state index contributed by atoms with van der Waals surface area (Å²) in [6, 6.07) is -0.0487. The van der Waals surface area contributed by atoms with Crippen molar-refractivity contribution in [2.75, 3.05) is 0 Å². The monoisotopic (exact) mass is 188 g/mol. The fourth-order valence-corrected chi connectivity index (χ4v) is 1.36. The normalized spacial score (nSPS) is 23.7. The number of nitrogens with zero attached hydrogens (tertiary/aromatic N) is 2. The number of rotatable bonds is 2. The van der Waals surface area contributed by atoms with Crippen molar-refractivity contribution in [2.24, 2.45) is 4.99 Å². The smallest absolute Gasteiger partial charge is 0.147 e. The number of hydrogen-bond acceptors (Lipinski definition) is 3. The van der Waals surface area contributed by atoms with Gasteiger partial charge in [0.05, 0.1) is 12.2 Å². The number of aliphatic imine (C=N–C) groups is 1. The molecule has 0 aromatic carbocycles. The van der Waals surface area contributed by atoms with E-state index < -0.39 is 0 Å². The van der Waals surface area contributed by atoms with E-state index in [1.165, 1.54) is 6.20 Å². The predicted molar refractivity (Wildman–Crippen MR) is 49.4 cm³/mol. The maximum Gasteiger partial charge on any atom is 0.147 e. The minimum absolute atomic E-state index is 0.0487. The van der Waals surface area contributed by atoms with Crippen LogP contribution in [0.2, 0.25) is 0 Å². The molecule has 4 heteroatoms. The summed E-state index contributed by atoms with van der Waals surface area (Å²) in [6.07, 6.45) is 3.31. The first-order valence-corrected chi connectivity index (χ1v) is 4.45. The van der Waals surface area contributed by atoms with Gasteiger partial charge in [-0.3, -0.25) is 10.3 Å². The Balaban J connectivity index is 2.76. The molecular weight excluding hydrogens is 176 g/mol. The molecule has 1 atom stereocenters. The number of hydrogen-bond donors (Lipinski definition) is 1. The minimum Gasteiger partial charge on any atom is -0.288 e. The fraction of sp³-hybridized carbons (Fsp3) is 0.625. The molecule has 0 saturated heterocycles. The topological polar surface area (TPSA) is 35.8 Å². The molecule has 0 saturated carbocycles. The van der Waals surface area contributed by atoms with Gasteiger partial charge in [0.25, 0.3) is 0 Å². The van der Waals surface area contributed by atoms with Crippen molar-refractivity contribution < 1.29 is 5.21 Å². The summed E-state index contributed by atoms with van der Waals surface area (Å²) >= 11 is 5.68. The molecule has 0 spiro atoms. The molecule has 1 heterocycles. The zero-order chi connectivity index (χ0) is 9.14. The Kier molecular flexibility index (Phi) is 3.12. The maximum atomic E-state index is 9.34. The lowest BCUT2D eigenvalue weighted by molar-refractivity contribution is -0.0558. The first-order chi connectivity index (χ1) is 5.65. The van der Waals surface area contributed by atoms with Gasteiger partial charge in [-0.15, -0.1) is 0 Å². The largest absolute Gasteiger partial charge is 0.288 e. The molecule has 0 amide bonds. The van der Waals surface area contributed by atoms with E-state index in [2.05, 4.69) is 11.9 Å². The van der Waals surface area contributed by atoms with Gasteiger partial charge in [-0.1, -0.05) is 24.9 Å². The Morgan fingerprint density at radius 2 is 2.42 bits per heavy atom. The van der Waals surface area contributed by atoms with Crippen molar-refractivity contribution in [3.05, 3.63) is 11.4 Å². The molecule has 0 fully saturated rings. The Hall–Kier alpha value is -0.540. The highest BCUT2D eigenvalue weighted by molar-refractivity contribution is 6.30. The molecule has 1 unspecified atom stereocenters. The van der Waals surface area contributed by atoms with Gasteiger partial charge in [0.15, 0.2) is 0 Å². The van der Waals surface area contributed by atoms with E-state index in [0.29, 0.717) is 5.16 Å². The zero-order valence-corrected chi connectivity index (χ0v) is 8.04. The molecule has 3 nitrogen and oxygen atoms in total. The van der Waals surface area contributed by atoms with Gasteiger partial charge < -0.3 is 0 Å². The lowest BCUT2D eigenvalue weighted by Crippen LogP contribution is -2.35. The first-order valence-electron chi connectivity index (χ1n) is 4.07. The quantitative estimate of drug-likeness (QED) is 0.676. The van der Waals surface area contributed by atoms with Gasteiger partial charge in [-0.05, 0) is 13.3 Å². The van der Waals surface area contributed by atoms with Crippen LogP contribution in [0.25, 0.3) is 0 Å². The van der Waals surface area contributed by atoms with E-state index in [4.69, 9.17) is 11.6 Å². The molecule has 68 valence electrons. The fourth-order valence-electron chi connectivity index (χ4n) is 1.15. The van der Waals surface area contributed by atoms with Gasteiger partial charge in [0.2, 0.25) is 0 Å². The summed E-state index contributed by atoms with van der Waals surface area (Å²) in [4.78, 5) is 4.14. The van der Waals surface area contributed by atoms with E-state index in [-0.39, 0.29) is 6.04 Å². The average Bonchev–Trinajstić information content (AvgIpc) is 2.00. The van der Waals surface area contributed by atoms with E-state index >= 15 is 0 Å². The molecule has 1 aliphatic rings. The van der Waals surface area contributed by atoms with Crippen LogP contribution in [-0.2, 0) is 0 Å². The molecule has 1 N–H and O–H groups in total. The molecule has 0 aliphatic carbocycles. The highest BCUT2D eigenvalue weighted by atomic mass is 35.5. The molecule has 12 heavy (non-hydrogen) atoms. The molecule has 1 rings (SSSR count). The summed E-state index contributed by atoms with van der Waals surface area (Å²) in [5.41, 5.74) is 0.938. The second-order valence-electron chi connectivity index (χ2n) is 2.86. The third kappa shape index (κ3) is 1.99. The summed E-state index contributed by atoms with van der Waals surface area (Å²) in [7, 11) is 0. The molecule has 0 bridgehead atoms. The summed E-state index contributed by atoms with van der Waals surface area (Å²) in [5, 5.41) is 10.8. The van der Waals surface area contributed by atoms with Crippen LogP contribution >= 0.6 is 11.6 Å². The second kappa shape index (κ2) is 3.92. The SMILES string of the molecule is CCCC1=NC(Cl)=CN(O)C1C. The van der Waals surface area contributed by atoms with Gasteiger partial charge in [0, 0.05) is 5.71 Å². The van der Waals surface area contributed by atoms with Crippen LogP contribution in [-0.4, -0.2) is 22.0 Å². The van der Waals surface area contributed by atoms with Crippen LogP contribution in [0.3, 0.4) is 0 Å². The third-order valence-corrected chi connectivity index (χ3v) is 2.06. The van der Waals surface area contributed by atoms with Crippen molar-refractivity contribution in [2.45, 2.75) is 32.7 Å². The van der Waals surface area contributed by atoms with Gasteiger partial charge in [-0.25, -0.2) is 4.99 Å². The Morgan fingerprint density at radius 3 is 3.00 bits per heavy atom. The van der Waals surface area contributed by atoms with Gasteiger partial charge in [0.1, 0.15) is 5.16 Å². The van der Waals surface area contributed by atoms with Crippen LogP contribution in [0.5, 0.6) is 0 Å². The lowest BCUT2D eigenvalue weighted by atomic mass is 10.1. The molecule has 0 aromatic rings. The second-order valence-corrected chi connectivity index (χ2v) is 3.25. The van der Waals surface area contributed by atoms with Crippen molar-refractivity contribution >= 4 is 17.3 Å². The standard InChI is InChI=1S/C8H13ClN2O/c1-3-4-7-6(2)11(12)5-8(9)10-7/h5-6,12H,3-4H2,1-2H3. The Bertz CT molecular complexity index is 225. The van der Waals surface area contributed by atoms with Crippen molar-refractivity contribution in [3.63, 3.8) is 0 Å². The molecular formula is C8H13ClN2O. The molecule has 0 aromatic heterocycles. The Morgan fingerprint density at radius 1 is 1.75 bits per heavy atom. The summed E-state index contributed by atoms with van der Waals surface area (Å²) < 4.78 is 0. The lowest BCUT2D eigenvalue weighted by Gasteiger charge is -2.25. The van der Waals surface area contributed by atoms with Crippen LogP contribution in [0.1, 0.15) is 26.7 Å². The summed E-state index contributed by atoms with van der Waals surface area (Å²) in [6.45, 7) is 3.97. The van der Waals surface area contributed by atoms with Crippen LogP contribution in [0, 0.1) is 0 Å². The third-order valence-electron chi connectivity index (χ3n) is 1.87. The predicted octanol–water partition coefficient (Wildman–Crippen LogP) is 2.36. The Labute approximate surface area is 77.3 Å². The minimum atomic E-state index is -0.0487. The van der Waals surface area contributed by atoms with E-state index in [0.717, 1.165) is 23.6 Å². The van der Waals surface area contributed by atoms with Crippen molar-refractivity contribution in [3.8, 4) is 0 Å². The van der Waals surface area contributed by atoms with E-state index in [9.17, 15) is 5.21 Å². The van der Waals surface area contributed by atoms with Crippen molar-refractivity contribution in [1.29, 1.82) is 0 Å². The molecule has 0 radical (unpaired) electrons. The number of halogens is 1. The van der Waals surface area contributed by atoms with E-state index in [1.54, 1.807) is 0 Å². The zero-order valence-electron chi connectivity index (χ0n) is 7.29. The van der Waals surface area contributed by atoms with Gasteiger partial charge in [-0.2, -0.15) is 0 Å². The van der Waals surface area contributed by atoms with Crippen LogP contribution < -0.4 is 0 Å². The van der Waals surface area contributed by atoms with Crippen molar-refractivity contribution in [1.82, 2.24) is 5.06 Å². The highest BCUT2D eigenvalue weighted by Gasteiger charge is 2.19. The van der Waals surface area contributed by atoms with E-state index in [1.807, 2.05) is 6.92 Å². The highest BCUT2D eigenvalue weighted by Crippen LogP contribution is 2.17. The van der Waals surface area contributed by atoms with Crippen LogP contribution in [0.4, 0.5) is 0 Å². The number of hydroxylamine groups is 2. The summed E-state index contributed by atoms with van der Waals surface area (Å²) in [5.74, 6) is 0.